The molecule has 0 aromatic heterocycles. The van der Waals surface area contributed by atoms with Gasteiger partial charge in [0.1, 0.15) is 22.4 Å². The van der Waals surface area contributed by atoms with Crippen molar-refractivity contribution >= 4 is 23.9 Å². The Morgan fingerprint density at radius 2 is 0.659 bits per heavy atom. The van der Waals surface area contributed by atoms with Crippen LogP contribution in [0.4, 0.5) is 0 Å². The minimum absolute atomic E-state index is 0.0866. The summed E-state index contributed by atoms with van der Waals surface area (Å²) in [4.78, 5) is 51.8. The van der Waals surface area contributed by atoms with Crippen LogP contribution in [0, 0.1) is 189 Å². The first kappa shape index (κ1) is 62.0. The molecule has 492 valence electrons. The van der Waals surface area contributed by atoms with Crippen LogP contribution >= 0.6 is 0 Å². The van der Waals surface area contributed by atoms with Gasteiger partial charge in [-0.05, 0) is 359 Å². The fraction of sp³-hybridized carbons (Fsp3) is 0.950. The van der Waals surface area contributed by atoms with E-state index in [-0.39, 0.29) is 70.0 Å². The van der Waals surface area contributed by atoms with Gasteiger partial charge in [-0.2, -0.15) is 0 Å². The minimum Gasteiger partial charge on any atom is -0.459 e. The molecule has 0 aromatic rings. The first-order valence-electron chi connectivity index (χ1n) is 38.9. The van der Waals surface area contributed by atoms with Crippen molar-refractivity contribution in [2.75, 3.05) is 0 Å². The molecule has 0 aliphatic heterocycles. The zero-order chi connectivity index (χ0) is 61.4. The zero-order valence-corrected chi connectivity index (χ0v) is 57.5. The van der Waals surface area contributed by atoms with Crippen LogP contribution < -0.4 is 0 Å². The quantitative estimate of drug-likeness (QED) is 0.157. The number of hydrogen-bond acceptors (Lipinski definition) is 8. The fourth-order valence-corrected chi connectivity index (χ4v) is 28.8. The maximum Gasteiger partial charge on any atom is 0.309 e. The maximum absolute atomic E-state index is 13.2. The lowest BCUT2D eigenvalue weighted by molar-refractivity contribution is -0.216. The van der Waals surface area contributed by atoms with E-state index in [1.165, 1.54) is 128 Å². The Kier molecular flexibility index (Phi) is 16.1. The number of carbonyl (C=O) groups is 4. The molecule has 26 unspecified atom stereocenters. The molecule has 8 heteroatoms. The van der Waals surface area contributed by atoms with Crippen molar-refractivity contribution in [2.24, 2.45) is 189 Å². The second kappa shape index (κ2) is 22.8. The fourth-order valence-electron chi connectivity index (χ4n) is 28.8. The van der Waals surface area contributed by atoms with Gasteiger partial charge in [-0.25, -0.2) is 0 Å². The Labute approximate surface area is 534 Å². The smallest absolute Gasteiger partial charge is 0.309 e. The molecular weight excluding hydrogens is 1090 g/mol. The van der Waals surface area contributed by atoms with Gasteiger partial charge in [0.25, 0.3) is 0 Å². The van der Waals surface area contributed by atoms with Crippen molar-refractivity contribution in [1.82, 2.24) is 0 Å². The van der Waals surface area contributed by atoms with Crippen molar-refractivity contribution in [1.29, 1.82) is 0 Å². The van der Waals surface area contributed by atoms with E-state index in [0.29, 0.717) is 82.9 Å². The summed E-state index contributed by atoms with van der Waals surface area (Å²) in [5.74, 6) is 22.4. The molecule has 20 bridgehead atoms. The number of esters is 4. The van der Waals surface area contributed by atoms with Crippen LogP contribution in [0.2, 0.25) is 0 Å². The normalized spacial score (nSPS) is 57.0. The van der Waals surface area contributed by atoms with Crippen molar-refractivity contribution < 1.29 is 38.1 Å². The molecule has 20 rings (SSSR count). The van der Waals surface area contributed by atoms with E-state index in [1.54, 1.807) is 0 Å². The highest BCUT2D eigenvalue weighted by Crippen LogP contribution is 2.65. The predicted molar refractivity (Wildman–Crippen MR) is 344 cm³/mol. The average Bonchev–Trinajstić information content (AvgIpc) is 1.70. The van der Waals surface area contributed by atoms with E-state index in [9.17, 15) is 19.2 Å². The van der Waals surface area contributed by atoms with Crippen LogP contribution in [-0.4, -0.2) is 46.3 Å². The van der Waals surface area contributed by atoms with E-state index in [1.807, 2.05) is 0 Å². The van der Waals surface area contributed by atoms with Gasteiger partial charge in [0, 0.05) is 0 Å². The molecule has 0 spiro atoms. The summed E-state index contributed by atoms with van der Waals surface area (Å²) in [6.07, 6.45) is 35.3. The molecule has 8 nitrogen and oxygen atoms in total. The highest BCUT2D eigenvalue weighted by Gasteiger charge is 2.64. The number of hydrogen-bond donors (Lipinski definition) is 0. The third-order valence-electron chi connectivity index (χ3n) is 34.5. The predicted octanol–water partition coefficient (Wildman–Crippen LogP) is 18.2. The summed E-state index contributed by atoms with van der Waals surface area (Å²) >= 11 is 0. The molecule has 0 N–H and O–H groups in total. The molecular formula is C80H124O8. The summed E-state index contributed by atoms with van der Waals surface area (Å²) < 4.78 is 25.3. The molecule has 20 aliphatic carbocycles. The van der Waals surface area contributed by atoms with E-state index >= 15 is 0 Å². The van der Waals surface area contributed by atoms with Crippen molar-refractivity contribution in [2.45, 2.75) is 285 Å². The Hall–Kier alpha value is -2.12. The zero-order valence-electron chi connectivity index (χ0n) is 57.5. The van der Waals surface area contributed by atoms with Gasteiger partial charge < -0.3 is 18.9 Å². The first-order chi connectivity index (χ1) is 42.0. The van der Waals surface area contributed by atoms with Crippen molar-refractivity contribution in [3.8, 4) is 0 Å². The van der Waals surface area contributed by atoms with Gasteiger partial charge in [-0.3, -0.25) is 19.2 Å². The summed E-state index contributed by atoms with van der Waals surface area (Å²) in [6, 6.07) is 0. The molecule has 0 saturated heterocycles. The molecule has 20 aliphatic rings. The van der Waals surface area contributed by atoms with Crippen LogP contribution in [0.25, 0.3) is 0 Å². The van der Waals surface area contributed by atoms with Gasteiger partial charge in [-0.15, -0.1) is 0 Å². The Morgan fingerprint density at radius 3 is 0.977 bits per heavy atom. The van der Waals surface area contributed by atoms with Gasteiger partial charge in [-0.1, -0.05) is 69.2 Å². The minimum atomic E-state index is -0.138. The van der Waals surface area contributed by atoms with E-state index in [2.05, 4.69) is 83.1 Å². The standard InChI is InChI=1S/C22H34O2.C21H32O2.C19H30O2.C18H28O2/c1-4-22(17-6-14-5-15(8-17)9-18(22)7-14)24-21(23)20-11-16-10-19(20)13(3)12(16)2;1-11-12(2)18-9-15(11)10-19(18)20(22)23-21(3)16-5-13-4-14(7-16)8-17(21)6-13;1-4-19(10-13-5-6-15(19)7-13)21-18(20)17-9-14-8-16(17)12(3)11(14)2;1-10-11(2)15-7-13(10)8-16(15)17(19)20-18(3)9-12-4-5-14(18)6-12/h12-20H,4-11H2,1-3H3;11-19H,4-10H2,1-3H3;11-17H,4-10H2,1-3H3;10-16H,4-9H2,1-3H3. The number of ether oxygens (including phenoxy) is 4. The molecule has 26 atom stereocenters. The van der Waals surface area contributed by atoms with Gasteiger partial charge in [0.15, 0.2) is 0 Å². The molecule has 0 aromatic carbocycles. The summed E-state index contributed by atoms with van der Waals surface area (Å²) in [5, 5.41) is 0. The Balaban J connectivity index is 0.0000000988. The highest BCUT2D eigenvalue weighted by molar-refractivity contribution is 5.76. The first-order valence-corrected chi connectivity index (χ1v) is 38.9. The monoisotopic (exact) mass is 1210 g/mol. The lowest BCUT2D eigenvalue weighted by Crippen LogP contribution is -2.60. The van der Waals surface area contributed by atoms with Crippen molar-refractivity contribution in [3.05, 3.63) is 0 Å². The second-order valence-electron chi connectivity index (χ2n) is 37.6. The molecule has 88 heavy (non-hydrogen) atoms. The lowest BCUT2D eigenvalue weighted by Gasteiger charge is -2.60. The topological polar surface area (TPSA) is 105 Å². The van der Waals surface area contributed by atoms with Crippen LogP contribution in [0.1, 0.15) is 263 Å². The van der Waals surface area contributed by atoms with Crippen LogP contribution in [0.5, 0.6) is 0 Å². The maximum atomic E-state index is 13.2. The second-order valence-corrected chi connectivity index (χ2v) is 37.6. The molecule has 0 amide bonds. The molecule has 0 heterocycles. The third-order valence-corrected chi connectivity index (χ3v) is 34.5. The lowest BCUT2D eigenvalue weighted by atomic mass is 9.49. The largest absolute Gasteiger partial charge is 0.459 e. The van der Waals surface area contributed by atoms with Gasteiger partial charge in [0.05, 0.1) is 23.7 Å². The van der Waals surface area contributed by atoms with Gasteiger partial charge >= 0.3 is 23.9 Å². The van der Waals surface area contributed by atoms with E-state index < -0.39 is 0 Å². The highest BCUT2D eigenvalue weighted by atomic mass is 16.6. The van der Waals surface area contributed by atoms with Crippen LogP contribution in [0.3, 0.4) is 0 Å². The van der Waals surface area contributed by atoms with Gasteiger partial charge in [0.2, 0.25) is 0 Å². The van der Waals surface area contributed by atoms with Crippen LogP contribution in [-0.2, 0) is 38.1 Å². The van der Waals surface area contributed by atoms with E-state index in [4.69, 9.17) is 18.9 Å². The van der Waals surface area contributed by atoms with Crippen LogP contribution in [0.15, 0.2) is 0 Å². The summed E-state index contributed by atoms with van der Waals surface area (Å²) in [6.45, 7) is 27.9. The molecule has 20 fully saturated rings. The SMILES string of the molecule is CC1C2CC(C(=O)OC3(C)C4CC5CC(C4)CC3C5)C(C2)C1C.CC1C2CC(C(=O)OC3(C)CC4CCC3C4)C(C2)C1C.CCC1(OC(=O)C2CC3CC2C(C)C3C)C2CC3CC(C2)CC1C3.CCC1(OC(=O)C2CC3CC2C(C)C3C)CC2CCC1C2. The average molecular weight is 1210 g/mol. The Morgan fingerprint density at radius 1 is 0.318 bits per heavy atom. The molecule has 0 radical (unpaired) electrons. The third kappa shape index (κ3) is 10.0. The molecule has 20 saturated carbocycles. The number of rotatable bonds is 10. The summed E-state index contributed by atoms with van der Waals surface area (Å²) in [5.41, 5.74) is -0.449. The summed E-state index contributed by atoms with van der Waals surface area (Å²) in [7, 11) is 0. The Bertz CT molecular complexity index is 2580. The van der Waals surface area contributed by atoms with E-state index in [0.717, 1.165) is 134 Å². The number of carbonyl (C=O) groups excluding carboxylic acids is 4. The van der Waals surface area contributed by atoms with Crippen molar-refractivity contribution in [3.63, 3.8) is 0 Å². The number of fused-ring (bicyclic) bond motifs is 12.